The van der Waals surface area contributed by atoms with Gasteiger partial charge in [0.15, 0.2) is 12.4 Å². The van der Waals surface area contributed by atoms with Gasteiger partial charge < -0.3 is 19.5 Å². The summed E-state index contributed by atoms with van der Waals surface area (Å²) in [4.78, 5) is 35.0. The van der Waals surface area contributed by atoms with Crippen LogP contribution in [0.4, 0.5) is 4.79 Å². The molecule has 0 fully saturated rings. The standard InChI is InChI=1S/C19H19NO6/c1-24-16-9-7-15(8-10-16)17(21)13-25-18(22)11-20-19(23)26-12-14-5-3-2-4-6-14/h2-10H,11-13H2,1H3,(H,20,23). The van der Waals surface area contributed by atoms with Gasteiger partial charge in [0.1, 0.15) is 18.9 Å². The zero-order chi connectivity index (χ0) is 18.8. The molecule has 0 radical (unpaired) electrons. The van der Waals surface area contributed by atoms with Crippen molar-refractivity contribution in [3.8, 4) is 5.75 Å². The van der Waals surface area contributed by atoms with Crippen molar-refractivity contribution in [2.45, 2.75) is 6.61 Å². The molecule has 2 aromatic carbocycles. The molecule has 0 saturated heterocycles. The van der Waals surface area contributed by atoms with E-state index in [1.807, 2.05) is 30.3 Å². The topological polar surface area (TPSA) is 90.9 Å². The van der Waals surface area contributed by atoms with Crippen LogP contribution in [0.25, 0.3) is 0 Å². The number of alkyl carbamates (subject to hydrolysis) is 1. The van der Waals surface area contributed by atoms with Crippen molar-refractivity contribution >= 4 is 17.8 Å². The first-order chi connectivity index (χ1) is 12.6. The number of nitrogens with one attached hydrogen (secondary N) is 1. The number of rotatable bonds is 8. The Hall–Kier alpha value is -3.35. The lowest BCUT2D eigenvalue weighted by Gasteiger charge is -2.08. The Kier molecular flexibility index (Phi) is 7.17. The van der Waals surface area contributed by atoms with E-state index in [2.05, 4.69) is 5.32 Å². The highest BCUT2D eigenvalue weighted by Crippen LogP contribution is 2.11. The van der Waals surface area contributed by atoms with Gasteiger partial charge in [0, 0.05) is 5.56 Å². The van der Waals surface area contributed by atoms with E-state index < -0.39 is 18.7 Å². The third-order valence-corrected chi connectivity index (χ3v) is 3.37. The Bertz CT molecular complexity index is 742. The lowest BCUT2D eigenvalue weighted by atomic mass is 10.1. The van der Waals surface area contributed by atoms with E-state index in [-0.39, 0.29) is 18.9 Å². The first kappa shape index (κ1) is 19.0. The minimum atomic E-state index is -0.743. The van der Waals surface area contributed by atoms with Gasteiger partial charge in [-0.15, -0.1) is 0 Å². The predicted octanol–water partition coefficient (Wildman–Crippen LogP) is 2.35. The molecule has 1 amide bonds. The molecule has 0 heterocycles. The summed E-state index contributed by atoms with van der Waals surface area (Å²) in [6.45, 7) is -0.701. The third kappa shape index (κ3) is 6.27. The molecule has 1 N–H and O–H groups in total. The second kappa shape index (κ2) is 9.83. The van der Waals surface area contributed by atoms with Gasteiger partial charge >= 0.3 is 12.1 Å². The fourth-order valence-corrected chi connectivity index (χ4v) is 1.98. The molecule has 7 nitrogen and oxygen atoms in total. The second-order valence-electron chi connectivity index (χ2n) is 5.23. The van der Waals surface area contributed by atoms with E-state index in [0.717, 1.165) is 5.56 Å². The van der Waals surface area contributed by atoms with Gasteiger partial charge in [0.25, 0.3) is 0 Å². The number of carbonyl (C=O) groups excluding carboxylic acids is 3. The third-order valence-electron chi connectivity index (χ3n) is 3.37. The van der Waals surface area contributed by atoms with Crippen LogP contribution in [0.15, 0.2) is 54.6 Å². The van der Waals surface area contributed by atoms with Crippen molar-refractivity contribution in [2.75, 3.05) is 20.3 Å². The number of Topliss-reactive ketones (excluding diaryl/α,β-unsaturated/α-hetero) is 1. The fourth-order valence-electron chi connectivity index (χ4n) is 1.98. The van der Waals surface area contributed by atoms with Gasteiger partial charge in [-0.05, 0) is 29.8 Å². The van der Waals surface area contributed by atoms with Crippen molar-refractivity contribution in [3.63, 3.8) is 0 Å². The highest BCUT2D eigenvalue weighted by atomic mass is 16.6. The fraction of sp³-hybridized carbons (Fsp3) is 0.211. The number of amides is 1. The van der Waals surface area contributed by atoms with Crippen molar-refractivity contribution in [3.05, 3.63) is 65.7 Å². The van der Waals surface area contributed by atoms with Crippen molar-refractivity contribution < 1.29 is 28.6 Å². The molecule has 7 heteroatoms. The van der Waals surface area contributed by atoms with E-state index in [1.54, 1.807) is 24.3 Å². The minimum absolute atomic E-state index is 0.0949. The number of hydrogen-bond acceptors (Lipinski definition) is 6. The lowest BCUT2D eigenvalue weighted by Crippen LogP contribution is -2.31. The second-order valence-corrected chi connectivity index (χ2v) is 5.23. The van der Waals surface area contributed by atoms with Crippen LogP contribution < -0.4 is 10.1 Å². The average molecular weight is 357 g/mol. The number of benzene rings is 2. The van der Waals surface area contributed by atoms with Crippen molar-refractivity contribution in [1.82, 2.24) is 5.32 Å². The SMILES string of the molecule is COc1ccc(C(=O)COC(=O)CNC(=O)OCc2ccccc2)cc1. The molecule has 26 heavy (non-hydrogen) atoms. The zero-order valence-corrected chi connectivity index (χ0v) is 14.3. The summed E-state index contributed by atoms with van der Waals surface area (Å²) in [5.74, 6) is -0.465. The van der Waals surface area contributed by atoms with E-state index in [1.165, 1.54) is 7.11 Å². The molecule has 2 rings (SSSR count). The maximum Gasteiger partial charge on any atom is 0.407 e. The molecule has 2 aromatic rings. The summed E-state index contributed by atoms with van der Waals surface area (Å²) < 4.78 is 14.8. The Morgan fingerprint density at radius 2 is 1.62 bits per heavy atom. The van der Waals surface area contributed by atoms with Crippen LogP contribution in [0.2, 0.25) is 0 Å². The smallest absolute Gasteiger partial charge is 0.407 e. The molecular formula is C19H19NO6. The Balaban J connectivity index is 1.66. The van der Waals surface area contributed by atoms with Gasteiger partial charge in [-0.1, -0.05) is 30.3 Å². The van der Waals surface area contributed by atoms with Crippen LogP contribution in [0.3, 0.4) is 0 Å². The summed E-state index contributed by atoms with van der Waals surface area (Å²) in [6.07, 6.45) is -0.743. The summed E-state index contributed by atoms with van der Waals surface area (Å²) >= 11 is 0. The number of carbonyl (C=O) groups is 3. The van der Waals surface area contributed by atoms with Crippen LogP contribution in [0, 0.1) is 0 Å². The van der Waals surface area contributed by atoms with Crippen molar-refractivity contribution in [1.29, 1.82) is 0 Å². The molecule has 0 saturated carbocycles. The molecule has 0 atom stereocenters. The van der Waals surface area contributed by atoms with E-state index in [4.69, 9.17) is 14.2 Å². The highest BCUT2D eigenvalue weighted by Gasteiger charge is 2.12. The van der Waals surface area contributed by atoms with Gasteiger partial charge in [-0.3, -0.25) is 9.59 Å². The van der Waals surface area contributed by atoms with E-state index >= 15 is 0 Å². The molecule has 0 aliphatic rings. The Morgan fingerprint density at radius 3 is 2.27 bits per heavy atom. The van der Waals surface area contributed by atoms with Crippen LogP contribution in [-0.2, 0) is 20.9 Å². The van der Waals surface area contributed by atoms with Gasteiger partial charge in [0.05, 0.1) is 7.11 Å². The van der Waals surface area contributed by atoms with Crippen LogP contribution >= 0.6 is 0 Å². The minimum Gasteiger partial charge on any atom is -0.497 e. The number of ether oxygens (including phenoxy) is 3. The summed E-state index contributed by atoms with van der Waals surface area (Å²) in [5, 5.41) is 2.27. The lowest BCUT2D eigenvalue weighted by molar-refractivity contribution is -0.141. The molecule has 0 bridgehead atoms. The van der Waals surface area contributed by atoms with Crippen LogP contribution in [0.1, 0.15) is 15.9 Å². The first-order valence-electron chi connectivity index (χ1n) is 7.86. The normalized spacial score (nSPS) is 9.88. The number of esters is 1. The molecular weight excluding hydrogens is 338 g/mol. The molecule has 0 unspecified atom stereocenters. The average Bonchev–Trinajstić information content (AvgIpc) is 2.69. The number of methoxy groups -OCH3 is 1. The first-order valence-corrected chi connectivity index (χ1v) is 7.86. The van der Waals surface area contributed by atoms with Gasteiger partial charge in [-0.2, -0.15) is 0 Å². The Morgan fingerprint density at radius 1 is 0.923 bits per heavy atom. The van der Waals surface area contributed by atoms with Crippen molar-refractivity contribution in [2.24, 2.45) is 0 Å². The maximum absolute atomic E-state index is 11.9. The molecule has 0 aliphatic heterocycles. The van der Waals surface area contributed by atoms with Crippen LogP contribution in [-0.4, -0.2) is 38.1 Å². The maximum atomic E-state index is 11.9. The summed E-state index contributed by atoms with van der Waals surface area (Å²) in [5.41, 5.74) is 1.23. The Labute approximate surface area is 150 Å². The largest absolute Gasteiger partial charge is 0.497 e. The van der Waals surface area contributed by atoms with E-state index in [9.17, 15) is 14.4 Å². The molecule has 0 aromatic heterocycles. The molecule has 0 spiro atoms. The molecule has 0 aliphatic carbocycles. The number of hydrogen-bond donors (Lipinski definition) is 1. The summed E-state index contributed by atoms with van der Waals surface area (Å²) in [6, 6.07) is 15.6. The summed E-state index contributed by atoms with van der Waals surface area (Å²) in [7, 11) is 1.52. The van der Waals surface area contributed by atoms with Gasteiger partial charge in [-0.25, -0.2) is 4.79 Å². The monoisotopic (exact) mass is 357 g/mol. The quantitative estimate of drug-likeness (QED) is 0.576. The number of ketones is 1. The highest BCUT2D eigenvalue weighted by molar-refractivity contribution is 5.98. The predicted molar refractivity (Wildman–Crippen MR) is 92.9 cm³/mol. The zero-order valence-electron chi connectivity index (χ0n) is 14.3. The van der Waals surface area contributed by atoms with E-state index in [0.29, 0.717) is 11.3 Å². The molecule has 136 valence electrons. The van der Waals surface area contributed by atoms with Crippen LogP contribution in [0.5, 0.6) is 5.75 Å². The van der Waals surface area contributed by atoms with Gasteiger partial charge in [0.2, 0.25) is 0 Å².